The first kappa shape index (κ1) is 17.5. The molecule has 1 aromatic carbocycles. The lowest BCUT2D eigenvalue weighted by atomic mass is 10.2. The molecule has 0 radical (unpaired) electrons. The number of unbranched alkanes of at least 4 members (excludes halogenated alkanes) is 1. The Morgan fingerprint density at radius 1 is 1.33 bits per heavy atom. The zero-order valence-corrected chi connectivity index (χ0v) is 13.3. The Kier molecular flexibility index (Phi) is 5.56. The number of hydrogen-bond acceptors (Lipinski definition) is 6. The number of halogens is 2. The molecule has 1 N–H and O–H groups in total. The molecule has 0 saturated heterocycles. The molecule has 2 rings (SSSR count). The molecule has 0 spiro atoms. The van der Waals surface area contributed by atoms with Crippen molar-refractivity contribution in [2.24, 2.45) is 0 Å². The van der Waals surface area contributed by atoms with E-state index in [9.17, 15) is 18.9 Å². The molecule has 1 aromatic heterocycles. The van der Waals surface area contributed by atoms with Crippen LogP contribution in [0.1, 0.15) is 19.8 Å². The maximum Gasteiger partial charge on any atom is 0.353 e. The second-order valence-electron chi connectivity index (χ2n) is 5.18. The highest BCUT2D eigenvalue weighted by molar-refractivity contribution is 5.74. The first-order chi connectivity index (χ1) is 11.4. The largest absolute Gasteiger partial charge is 0.354 e. The number of nitrogens with zero attached hydrogens (tertiary/aromatic N) is 4. The normalized spacial score (nSPS) is 10.5. The van der Waals surface area contributed by atoms with Crippen LogP contribution in [0.3, 0.4) is 0 Å². The Morgan fingerprint density at radius 3 is 2.71 bits per heavy atom. The summed E-state index contributed by atoms with van der Waals surface area (Å²) in [5.41, 5.74) is -0.472. The maximum atomic E-state index is 13.8. The van der Waals surface area contributed by atoms with E-state index in [1.807, 2.05) is 6.92 Å². The highest BCUT2D eigenvalue weighted by atomic mass is 19.1. The first-order valence-corrected chi connectivity index (χ1v) is 7.36. The molecule has 9 heteroatoms. The molecule has 0 unspecified atom stereocenters. The quantitative estimate of drug-likeness (QED) is 0.613. The fourth-order valence-corrected chi connectivity index (χ4v) is 2.13. The molecule has 24 heavy (non-hydrogen) atoms. The van der Waals surface area contributed by atoms with Crippen molar-refractivity contribution in [3.05, 3.63) is 46.3 Å². The summed E-state index contributed by atoms with van der Waals surface area (Å²) in [7, 11) is 1.69. The molecule has 0 aliphatic heterocycles. The fourth-order valence-electron chi connectivity index (χ4n) is 2.13. The van der Waals surface area contributed by atoms with Crippen molar-refractivity contribution in [1.29, 1.82) is 0 Å². The van der Waals surface area contributed by atoms with Gasteiger partial charge < -0.3 is 10.2 Å². The second kappa shape index (κ2) is 7.62. The van der Waals surface area contributed by atoms with Gasteiger partial charge in [0, 0.05) is 19.7 Å². The van der Waals surface area contributed by atoms with Crippen molar-refractivity contribution in [2.45, 2.75) is 19.8 Å². The lowest BCUT2D eigenvalue weighted by Gasteiger charge is -2.18. The predicted molar refractivity (Wildman–Crippen MR) is 86.5 cm³/mol. The van der Waals surface area contributed by atoms with Crippen LogP contribution in [0.15, 0.2) is 24.5 Å². The zero-order valence-electron chi connectivity index (χ0n) is 13.3. The molecule has 128 valence electrons. The molecule has 1 heterocycles. The molecule has 7 nitrogen and oxygen atoms in total. The van der Waals surface area contributed by atoms with Crippen molar-refractivity contribution in [1.82, 2.24) is 9.97 Å². The van der Waals surface area contributed by atoms with Crippen LogP contribution in [-0.4, -0.2) is 28.5 Å². The Morgan fingerprint density at radius 2 is 2.08 bits per heavy atom. The Balaban J connectivity index is 2.41. The third-order valence-electron chi connectivity index (χ3n) is 3.38. The third-order valence-corrected chi connectivity index (χ3v) is 3.38. The summed E-state index contributed by atoms with van der Waals surface area (Å²) in [5.74, 6) is -1.63. The summed E-state index contributed by atoms with van der Waals surface area (Å²) >= 11 is 0. The van der Waals surface area contributed by atoms with Gasteiger partial charge in [-0.2, -0.15) is 0 Å². The van der Waals surface area contributed by atoms with Crippen molar-refractivity contribution in [3.8, 4) is 0 Å². The van der Waals surface area contributed by atoms with Crippen molar-refractivity contribution in [2.75, 3.05) is 23.8 Å². The molecule has 0 saturated carbocycles. The Bertz CT molecular complexity index is 742. The van der Waals surface area contributed by atoms with Gasteiger partial charge in [0.1, 0.15) is 18.0 Å². The van der Waals surface area contributed by atoms with E-state index in [0.717, 1.165) is 31.3 Å². The van der Waals surface area contributed by atoms with Crippen LogP contribution in [0.5, 0.6) is 0 Å². The van der Waals surface area contributed by atoms with E-state index in [-0.39, 0.29) is 23.0 Å². The van der Waals surface area contributed by atoms with Crippen LogP contribution in [-0.2, 0) is 0 Å². The molecule has 0 aliphatic rings. The molecule has 0 aliphatic carbocycles. The average Bonchev–Trinajstić information content (AvgIpc) is 2.54. The molecule has 2 aromatic rings. The zero-order chi connectivity index (χ0) is 17.7. The summed E-state index contributed by atoms with van der Waals surface area (Å²) < 4.78 is 26.7. The molecular formula is C15H17F2N5O2. The number of anilines is 3. The molecule has 0 fully saturated rings. The van der Waals surface area contributed by atoms with Gasteiger partial charge in [0.2, 0.25) is 11.6 Å². The highest BCUT2D eigenvalue weighted by Gasteiger charge is 2.26. The van der Waals surface area contributed by atoms with E-state index in [1.165, 1.54) is 0 Å². The van der Waals surface area contributed by atoms with Crippen molar-refractivity contribution >= 4 is 23.0 Å². The predicted octanol–water partition coefficient (Wildman–Crippen LogP) is 3.64. The smallest absolute Gasteiger partial charge is 0.353 e. The van der Waals surface area contributed by atoms with Gasteiger partial charge in [-0.15, -0.1) is 0 Å². The maximum absolute atomic E-state index is 13.8. The van der Waals surface area contributed by atoms with Crippen LogP contribution >= 0.6 is 0 Å². The van der Waals surface area contributed by atoms with Gasteiger partial charge in [-0.25, -0.2) is 18.7 Å². The van der Waals surface area contributed by atoms with Crippen molar-refractivity contribution in [3.63, 3.8) is 0 Å². The summed E-state index contributed by atoms with van der Waals surface area (Å²) in [4.78, 5) is 20.3. The van der Waals surface area contributed by atoms with Gasteiger partial charge in [0.15, 0.2) is 0 Å². The number of benzene rings is 1. The van der Waals surface area contributed by atoms with Crippen LogP contribution in [0.25, 0.3) is 0 Å². The van der Waals surface area contributed by atoms with Gasteiger partial charge >= 0.3 is 5.69 Å². The van der Waals surface area contributed by atoms with Gasteiger partial charge in [-0.1, -0.05) is 13.3 Å². The molecular weight excluding hydrogens is 320 g/mol. The molecule has 0 atom stereocenters. The van der Waals surface area contributed by atoms with Crippen LogP contribution in [0, 0.1) is 21.7 Å². The van der Waals surface area contributed by atoms with E-state index in [4.69, 9.17) is 0 Å². The summed E-state index contributed by atoms with van der Waals surface area (Å²) in [6.45, 7) is 2.59. The van der Waals surface area contributed by atoms with E-state index in [0.29, 0.717) is 12.6 Å². The second-order valence-corrected chi connectivity index (χ2v) is 5.18. The van der Waals surface area contributed by atoms with E-state index >= 15 is 0 Å². The van der Waals surface area contributed by atoms with E-state index < -0.39 is 16.6 Å². The lowest BCUT2D eigenvalue weighted by molar-refractivity contribution is -0.383. The minimum atomic E-state index is -0.871. The standard InChI is InChI=1S/C15H17F2N5O2/c1-3-4-7-21(2)15-13(22(23)24)14(18-9-19-15)20-12-6-5-10(16)8-11(12)17/h5-6,8-9H,3-4,7H2,1-2H3,(H,18,19,20). The minimum absolute atomic E-state index is 0.111. The van der Waals surface area contributed by atoms with E-state index in [2.05, 4.69) is 15.3 Å². The lowest BCUT2D eigenvalue weighted by Crippen LogP contribution is -2.21. The number of aromatic nitrogens is 2. The molecule has 0 bridgehead atoms. The van der Waals surface area contributed by atoms with Crippen molar-refractivity contribution < 1.29 is 13.7 Å². The van der Waals surface area contributed by atoms with E-state index in [1.54, 1.807) is 11.9 Å². The topological polar surface area (TPSA) is 84.2 Å². The number of hydrogen-bond donors (Lipinski definition) is 1. The Labute approximate surface area is 137 Å². The van der Waals surface area contributed by atoms with Crippen LogP contribution in [0.4, 0.5) is 31.8 Å². The summed E-state index contributed by atoms with van der Waals surface area (Å²) in [5, 5.41) is 14.0. The summed E-state index contributed by atoms with van der Waals surface area (Å²) in [6, 6.07) is 2.88. The van der Waals surface area contributed by atoms with Crippen LogP contribution < -0.4 is 10.2 Å². The third kappa shape index (κ3) is 3.92. The highest BCUT2D eigenvalue weighted by Crippen LogP contribution is 2.33. The van der Waals surface area contributed by atoms with Gasteiger partial charge in [-0.3, -0.25) is 10.1 Å². The molecule has 0 amide bonds. The number of nitrogens with one attached hydrogen (secondary N) is 1. The van der Waals surface area contributed by atoms with Gasteiger partial charge in [0.25, 0.3) is 0 Å². The fraction of sp³-hybridized carbons (Fsp3) is 0.333. The number of nitro groups is 1. The SMILES string of the molecule is CCCCN(C)c1ncnc(Nc2ccc(F)cc2F)c1[N+](=O)[O-]. The summed E-state index contributed by atoms with van der Waals surface area (Å²) in [6.07, 6.45) is 2.93. The average molecular weight is 337 g/mol. The van der Waals surface area contributed by atoms with Gasteiger partial charge in [-0.05, 0) is 18.6 Å². The Hall–Kier alpha value is -2.84. The monoisotopic (exact) mass is 337 g/mol. The van der Waals surface area contributed by atoms with Crippen LogP contribution in [0.2, 0.25) is 0 Å². The number of rotatable bonds is 7. The first-order valence-electron chi connectivity index (χ1n) is 7.36. The van der Waals surface area contributed by atoms with Gasteiger partial charge in [0.05, 0.1) is 10.6 Å². The minimum Gasteiger partial charge on any atom is -0.354 e.